The van der Waals surface area contributed by atoms with Gasteiger partial charge >= 0.3 is 13.2 Å². The molecule has 0 N–H and O–H groups in total. The number of nitrogens with zero attached hydrogens (tertiary/aromatic N) is 3. The summed E-state index contributed by atoms with van der Waals surface area (Å²) in [4.78, 5) is 31.8. The average Bonchev–Trinajstić information content (AvgIpc) is 2.94. The molecule has 0 spiro atoms. The number of piperidine rings is 1. The van der Waals surface area contributed by atoms with Gasteiger partial charge in [0.2, 0.25) is 0 Å². The number of hydrogen-bond donors (Lipinski definition) is 0. The summed E-state index contributed by atoms with van der Waals surface area (Å²) in [6.45, 7) is 14.7. The van der Waals surface area contributed by atoms with E-state index in [1.807, 2.05) is 60.6 Å². The van der Waals surface area contributed by atoms with Gasteiger partial charge in [0.1, 0.15) is 5.60 Å². The quantitative estimate of drug-likeness (QED) is 0.647. The van der Waals surface area contributed by atoms with Crippen molar-refractivity contribution in [1.29, 1.82) is 0 Å². The fourth-order valence-corrected chi connectivity index (χ4v) is 4.19. The minimum Gasteiger partial charge on any atom is -0.444 e. The topological polar surface area (TPSA) is 82.9 Å². The highest BCUT2D eigenvalue weighted by molar-refractivity contribution is 6.62. The molecule has 0 saturated carbocycles. The molecule has 1 aromatic heterocycles. The first-order chi connectivity index (χ1) is 15.3. The number of hydrogen-bond acceptors (Lipinski definition) is 6. The Labute approximate surface area is 195 Å². The molecule has 2 fully saturated rings. The molecule has 1 amide bonds. The Morgan fingerprint density at radius 3 is 2.30 bits per heavy atom. The molecule has 2 aromatic rings. The number of fused-ring (bicyclic) bond motifs is 1. The summed E-state index contributed by atoms with van der Waals surface area (Å²) in [6.07, 6.45) is 2.67. The fourth-order valence-electron chi connectivity index (χ4n) is 4.19. The predicted octanol–water partition coefficient (Wildman–Crippen LogP) is 3.27. The van der Waals surface area contributed by atoms with E-state index in [-0.39, 0.29) is 17.7 Å². The standard InChI is InChI=1S/C24H34BN3O5/c1-22(2,3)31-21(30)27-12-10-17(11-13-27)28-15-26-19-14-16(8-9-18(19)20(28)29)25-32-23(4,5)24(6,7)33-25/h8-9,14-15,17H,10-13H2,1-7H3. The van der Waals surface area contributed by atoms with Crippen LogP contribution in [-0.4, -0.2) is 57.6 Å². The van der Waals surface area contributed by atoms with Gasteiger partial charge in [0, 0.05) is 19.1 Å². The van der Waals surface area contributed by atoms with Crippen LogP contribution in [0, 0.1) is 0 Å². The van der Waals surface area contributed by atoms with Gasteiger partial charge in [-0.1, -0.05) is 6.07 Å². The molecule has 2 saturated heterocycles. The van der Waals surface area contributed by atoms with E-state index < -0.39 is 23.9 Å². The van der Waals surface area contributed by atoms with Gasteiger partial charge < -0.3 is 18.9 Å². The Balaban J connectivity index is 1.50. The lowest BCUT2D eigenvalue weighted by atomic mass is 9.79. The summed E-state index contributed by atoms with van der Waals surface area (Å²) in [5.41, 5.74) is 0.00345. The van der Waals surface area contributed by atoms with Crippen LogP contribution < -0.4 is 11.0 Å². The van der Waals surface area contributed by atoms with Crippen LogP contribution in [-0.2, 0) is 14.0 Å². The zero-order valence-electron chi connectivity index (χ0n) is 20.7. The molecule has 0 aliphatic carbocycles. The Kier molecular flexibility index (Phi) is 5.85. The summed E-state index contributed by atoms with van der Waals surface area (Å²) < 4.78 is 19.4. The Hall–Kier alpha value is -2.39. The third-order valence-electron chi connectivity index (χ3n) is 6.84. The highest BCUT2D eigenvalue weighted by Crippen LogP contribution is 2.36. The maximum atomic E-state index is 13.2. The van der Waals surface area contributed by atoms with E-state index in [0.717, 1.165) is 5.46 Å². The smallest absolute Gasteiger partial charge is 0.444 e. The summed E-state index contributed by atoms with van der Waals surface area (Å²) in [5, 5.41) is 0.562. The molecule has 8 nitrogen and oxygen atoms in total. The number of carbonyl (C=O) groups excluding carboxylic acids is 1. The van der Waals surface area contributed by atoms with Gasteiger partial charge in [0.15, 0.2) is 0 Å². The second kappa shape index (κ2) is 8.13. The van der Waals surface area contributed by atoms with E-state index >= 15 is 0 Å². The van der Waals surface area contributed by atoms with Gasteiger partial charge in [-0.3, -0.25) is 9.36 Å². The van der Waals surface area contributed by atoms with Gasteiger partial charge in [-0.2, -0.15) is 0 Å². The number of likely N-dealkylation sites (tertiary alicyclic amines) is 1. The first-order valence-corrected chi connectivity index (χ1v) is 11.6. The molecule has 178 valence electrons. The number of carbonyl (C=O) groups is 1. The Bertz CT molecular complexity index is 1100. The fraction of sp³-hybridized carbons (Fsp3) is 0.625. The molecule has 0 atom stereocenters. The molecular weight excluding hydrogens is 421 g/mol. The SMILES string of the molecule is CC(C)(C)OC(=O)N1CCC(n2cnc3cc(B4OC(C)(C)C(C)(C)O4)ccc3c2=O)CC1. The minimum atomic E-state index is -0.522. The molecule has 0 bridgehead atoms. The number of benzene rings is 1. The molecule has 33 heavy (non-hydrogen) atoms. The van der Waals surface area contributed by atoms with Crippen molar-refractivity contribution < 1.29 is 18.8 Å². The minimum absolute atomic E-state index is 0.00383. The van der Waals surface area contributed by atoms with E-state index in [4.69, 9.17) is 14.0 Å². The van der Waals surface area contributed by atoms with Crippen molar-refractivity contribution in [2.24, 2.45) is 0 Å². The molecule has 0 unspecified atom stereocenters. The van der Waals surface area contributed by atoms with Crippen LogP contribution in [0.2, 0.25) is 0 Å². The van der Waals surface area contributed by atoms with Gasteiger partial charge in [-0.15, -0.1) is 0 Å². The van der Waals surface area contributed by atoms with Crippen molar-refractivity contribution in [3.05, 3.63) is 34.9 Å². The molecular formula is C24H34BN3O5. The lowest BCUT2D eigenvalue weighted by Crippen LogP contribution is -2.43. The van der Waals surface area contributed by atoms with Crippen LogP contribution in [0.3, 0.4) is 0 Å². The second-order valence-electron chi connectivity index (χ2n) is 11.0. The van der Waals surface area contributed by atoms with Gasteiger partial charge in [0.25, 0.3) is 5.56 Å². The molecule has 2 aliphatic heterocycles. The van der Waals surface area contributed by atoms with Crippen molar-refractivity contribution in [1.82, 2.24) is 14.5 Å². The molecule has 9 heteroatoms. The zero-order chi connectivity index (χ0) is 24.2. The average molecular weight is 455 g/mol. The van der Waals surface area contributed by atoms with Crippen LogP contribution in [0.25, 0.3) is 10.9 Å². The van der Waals surface area contributed by atoms with Crippen LogP contribution in [0.5, 0.6) is 0 Å². The van der Waals surface area contributed by atoms with Gasteiger partial charge in [-0.25, -0.2) is 9.78 Å². The third-order valence-corrected chi connectivity index (χ3v) is 6.84. The summed E-state index contributed by atoms with van der Waals surface area (Å²) >= 11 is 0. The lowest BCUT2D eigenvalue weighted by molar-refractivity contribution is 0.00578. The molecule has 1 aromatic carbocycles. The maximum Gasteiger partial charge on any atom is 0.494 e. The normalized spacial score (nSPS) is 20.9. The van der Waals surface area contributed by atoms with Crippen molar-refractivity contribution in [3.63, 3.8) is 0 Å². The highest BCUT2D eigenvalue weighted by Gasteiger charge is 2.51. The van der Waals surface area contributed by atoms with E-state index in [1.54, 1.807) is 21.9 Å². The van der Waals surface area contributed by atoms with E-state index in [9.17, 15) is 9.59 Å². The van der Waals surface area contributed by atoms with Crippen LogP contribution >= 0.6 is 0 Å². The number of ether oxygens (including phenoxy) is 1. The second-order valence-corrected chi connectivity index (χ2v) is 11.0. The first-order valence-electron chi connectivity index (χ1n) is 11.6. The van der Waals surface area contributed by atoms with Crippen LogP contribution in [0.15, 0.2) is 29.3 Å². The number of aromatic nitrogens is 2. The summed E-state index contributed by atoms with van der Waals surface area (Å²) in [6, 6.07) is 5.55. The maximum absolute atomic E-state index is 13.2. The predicted molar refractivity (Wildman–Crippen MR) is 128 cm³/mol. The monoisotopic (exact) mass is 455 g/mol. The number of rotatable bonds is 2. The van der Waals surface area contributed by atoms with Crippen molar-refractivity contribution >= 4 is 29.6 Å². The molecule has 0 radical (unpaired) electrons. The summed E-state index contributed by atoms with van der Waals surface area (Å²) in [5.74, 6) is 0. The largest absolute Gasteiger partial charge is 0.494 e. The third kappa shape index (κ3) is 4.66. The number of amides is 1. The van der Waals surface area contributed by atoms with Crippen LogP contribution in [0.1, 0.15) is 67.3 Å². The first kappa shape index (κ1) is 23.8. The van der Waals surface area contributed by atoms with Crippen molar-refractivity contribution in [2.45, 2.75) is 84.2 Å². The Morgan fingerprint density at radius 2 is 1.73 bits per heavy atom. The van der Waals surface area contributed by atoms with Crippen molar-refractivity contribution in [2.75, 3.05) is 13.1 Å². The van der Waals surface area contributed by atoms with Crippen LogP contribution in [0.4, 0.5) is 4.79 Å². The molecule has 3 heterocycles. The lowest BCUT2D eigenvalue weighted by Gasteiger charge is -2.34. The van der Waals surface area contributed by atoms with E-state index in [2.05, 4.69) is 4.98 Å². The summed E-state index contributed by atoms with van der Waals surface area (Å²) in [7, 11) is -0.499. The van der Waals surface area contributed by atoms with Crippen molar-refractivity contribution in [3.8, 4) is 0 Å². The zero-order valence-corrected chi connectivity index (χ0v) is 20.7. The molecule has 2 aliphatic rings. The molecule has 4 rings (SSSR count). The van der Waals surface area contributed by atoms with Gasteiger partial charge in [0.05, 0.1) is 28.4 Å². The van der Waals surface area contributed by atoms with E-state index in [0.29, 0.717) is 36.8 Å². The van der Waals surface area contributed by atoms with E-state index in [1.165, 1.54) is 0 Å². The highest BCUT2D eigenvalue weighted by atomic mass is 16.7. The van der Waals surface area contributed by atoms with Gasteiger partial charge in [-0.05, 0) is 78.9 Å². The Morgan fingerprint density at radius 1 is 1.12 bits per heavy atom.